The van der Waals surface area contributed by atoms with Gasteiger partial charge in [0.1, 0.15) is 5.54 Å². The first-order valence-corrected chi connectivity index (χ1v) is 7.54. The van der Waals surface area contributed by atoms with Crippen molar-refractivity contribution in [3.8, 4) is 0 Å². The normalized spacial score (nSPS) is 14.1. The van der Waals surface area contributed by atoms with Crippen molar-refractivity contribution in [2.45, 2.75) is 37.9 Å². The molecule has 0 spiro atoms. The van der Waals surface area contributed by atoms with Crippen LogP contribution in [0.2, 0.25) is 0 Å². The standard InChI is InChI=1S/C13H23N3O2S/c1-5-7-15-13(3,11(17)18-6-2)10-19-12-14-8-9-16(12)4/h8-9,15H,5-7,10H2,1-4H3. The average Bonchev–Trinajstić information content (AvgIpc) is 2.80. The van der Waals surface area contributed by atoms with E-state index in [1.54, 1.807) is 18.0 Å². The van der Waals surface area contributed by atoms with E-state index in [2.05, 4.69) is 17.2 Å². The molecule has 1 N–H and O–H groups in total. The third-order valence-corrected chi connectivity index (χ3v) is 4.13. The van der Waals surface area contributed by atoms with Crippen molar-refractivity contribution in [1.82, 2.24) is 14.9 Å². The van der Waals surface area contributed by atoms with Crippen LogP contribution in [0.25, 0.3) is 0 Å². The molecule has 0 fully saturated rings. The third kappa shape index (κ3) is 4.54. The van der Waals surface area contributed by atoms with Crippen LogP contribution in [0.3, 0.4) is 0 Å². The van der Waals surface area contributed by atoms with Crippen molar-refractivity contribution in [2.24, 2.45) is 7.05 Å². The molecule has 5 nitrogen and oxygen atoms in total. The molecule has 6 heteroatoms. The molecule has 108 valence electrons. The van der Waals surface area contributed by atoms with Gasteiger partial charge < -0.3 is 14.6 Å². The van der Waals surface area contributed by atoms with Crippen LogP contribution in [0, 0.1) is 0 Å². The molecular formula is C13H23N3O2S. The first-order valence-electron chi connectivity index (χ1n) is 6.56. The molecule has 0 bridgehead atoms. The summed E-state index contributed by atoms with van der Waals surface area (Å²) in [6.07, 6.45) is 4.62. The topological polar surface area (TPSA) is 56.2 Å². The van der Waals surface area contributed by atoms with Gasteiger partial charge >= 0.3 is 5.97 Å². The summed E-state index contributed by atoms with van der Waals surface area (Å²) in [7, 11) is 1.94. The largest absolute Gasteiger partial charge is 0.465 e. The van der Waals surface area contributed by atoms with E-state index in [0.29, 0.717) is 12.4 Å². The zero-order valence-electron chi connectivity index (χ0n) is 12.1. The van der Waals surface area contributed by atoms with Crippen LogP contribution in [0.1, 0.15) is 27.2 Å². The molecule has 19 heavy (non-hydrogen) atoms. The van der Waals surface area contributed by atoms with Gasteiger partial charge in [-0.2, -0.15) is 0 Å². The van der Waals surface area contributed by atoms with Gasteiger partial charge in [0, 0.05) is 25.2 Å². The van der Waals surface area contributed by atoms with Gasteiger partial charge in [-0.15, -0.1) is 0 Å². The predicted molar refractivity (Wildman–Crippen MR) is 77.3 cm³/mol. The third-order valence-electron chi connectivity index (χ3n) is 2.76. The average molecular weight is 285 g/mol. The summed E-state index contributed by atoms with van der Waals surface area (Å²) in [5.41, 5.74) is -0.678. The summed E-state index contributed by atoms with van der Waals surface area (Å²) in [5, 5.41) is 4.18. The highest BCUT2D eigenvalue weighted by atomic mass is 32.2. The fourth-order valence-electron chi connectivity index (χ4n) is 1.57. The Morgan fingerprint density at radius 3 is 2.84 bits per heavy atom. The van der Waals surface area contributed by atoms with Crippen LogP contribution in [0.15, 0.2) is 17.6 Å². The molecular weight excluding hydrogens is 262 g/mol. The molecule has 0 radical (unpaired) electrons. The van der Waals surface area contributed by atoms with Crippen LogP contribution in [0.5, 0.6) is 0 Å². The zero-order valence-corrected chi connectivity index (χ0v) is 12.9. The fraction of sp³-hybridized carbons (Fsp3) is 0.692. The molecule has 1 rings (SSSR count). The Labute approximate surface area is 119 Å². The number of thioether (sulfide) groups is 1. The van der Waals surface area contributed by atoms with Gasteiger partial charge in [0.05, 0.1) is 6.61 Å². The van der Waals surface area contributed by atoms with Gasteiger partial charge in [0.2, 0.25) is 0 Å². The highest BCUT2D eigenvalue weighted by Gasteiger charge is 2.34. The molecule has 1 aromatic rings. The molecule has 1 aromatic heterocycles. The van der Waals surface area contributed by atoms with E-state index in [4.69, 9.17) is 4.74 Å². The molecule has 0 saturated heterocycles. The number of nitrogens with one attached hydrogen (secondary N) is 1. The second-order valence-corrected chi connectivity index (χ2v) is 5.53. The van der Waals surface area contributed by atoms with Crippen molar-refractivity contribution in [3.63, 3.8) is 0 Å². The van der Waals surface area contributed by atoms with E-state index in [0.717, 1.165) is 18.1 Å². The summed E-state index contributed by atoms with van der Waals surface area (Å²) in [5.74, 6) is 0.390. The van der Waals surface area contributed by atoms with Crippen molar-refractivity contribution in [2.75, 3.05) is 18.9 Å². The number of aromatic nitrogens is 2. The van der Waals surface area contributed by atoms with Gasteiger partial charge in [-0.3, -0.25) is 4.79 Å². The minimum Gasteiger partial charge on any atom is -0.465 e. The number of nitrogens with zero attached hydrogens (tertiary/aromatic N) is 2. The Bertz CT molecular complexity index is 408. The van der Waals surface area contributed by atoms with E-state index in [1.165, 1.54) is 0 Å². The molecule has 0 aromatic carbocycles. The number of hydrogen-bond donors (Lipinski definition) is 1. The van der Waals surface area contributed by atoms with Crippen molar-refractivity contribution < 1.29 is 9.53 Å². The molecule has 0 saturated carbocycles. The Hall–Kier alpha value is -1.01. The van der Waals surface area contributed by atoms with Crippen molar-refractivity contribution >= 4 is 17.7 Å². The predicted octanol–water partition coefficient (Wildman–Crippen LogP) is 1.83. The molecule has 0 aliphatic heterocycles. The van der Waals surface area contributed by atoms with Crippen molar-refractivity contribution in [3.05, 3.63) is 12.4 Å². The van der Waals surface area contributed by atoms with Crippen LogP contribution in [0.4, 0.5) is 0 Å². The maximum Gasteiger partial charge on any atom is 0.326 e. The number of ether oxygens (including phenoxy) is 1. The quantitative estimate of drug-likeness (QED) is 0.583. The van der Waals surface area contributed by atoms with Crippen LogP contribution in [-0.4, -0.2) is 40.0 Å². The first-order chi connectivity index (χ1) is 9.03. The molecule has 1 unspecified atom stereocenters. The number of esters is 1. The summed E-state index contributed by atoms with van der Waals surface area (Å²) >= 11 is 1.55. The minimum absolute atomic E-state index is 0.204. The highest BCUT2D eigenvalue weighted by Crippen LogP contribution is 2.21. The van der Waals surface area contributed by atoms with Gasteiger partial charge in [-0.1, -0.05) is 18.7 Å². The van der Waals surface area contributed by atoms with Gasteiger partial charge in [-0.25, -0.2) is 4.98 Å². The van der Waals surface area contributed by atoms with E-state index >= 15 is 0 Å². The molecule has 1 heterocycles. The Morgan fingerprint density at radius 1 is 1.58 bits per heavy atom. The van der Waals surface area contributed by atoms with Crippen LogP contribution in [-0.2, 0) is 16.6 Å². The summed E-state index contributed by atoms with van der Waals surface area (Å²) in [6, 6.07) is 0. The van der Waals surface area contributed by atoms with E-state index in [1.807, 2.05) is 31.7 Å². The van der Waals surface area contributed by atoms with Crippen LogP contribution < -0.4 is 5.32 Å². The number of imidazole rings is 1. The monoisotopic (exact) mass is 285 g/mol. The lowest BCUT2D eigenvalue weighted by atomic mass is 10.1. The second-order valence-electron chi connectivity index (χ2n) is 4.59. The summed E-state index contributed by atoms with van der Waals surface area (Å²) in [4.78, 5) is 16.3. The summed E-state index contributed by atoms with van der Waals surface area (Å²) < 4.78 is 7.10. The van der Waals surface area contributed by atoms with Gasteiger partial charge in [0.25, 0.3) is 0 Å². The van der Waals surface area contributed by atoms with Gasteiger partial charge in [0.15, 0.2) is 5.16 Å². The van der Waals surface area contributed by atoms with Gasteiger partial charge in [-0.05, 0) is 26.8 Å². The number of aryl methyl sites for hydroxylation is 1. The van der Waals surface area contributed by atoms with E-state index < -0.39 is 5.54 Å². The SMILES string of the molecule is CCCNC(C)(CSc1nccn1C)C(=O)OCC. The minimum atomic E-state index is -0.678. The van der Waals surface area contributed by atoms with Crippen molar-refractivity contribution in [1.29, 1.82) is 0 Å². The number of rotatable bonds is 8. The number of carbonyl (C=O) groups excluding carboxylic acids is 1. The Balaban J connectivity index is 2.68. The number of carbonyl (C=O) groups is 1. The van der Waals surface area contributed by atoms with E-state index in [-0.39, 0.29) is 5.97 Å². The highest BCUT2D eigenvalue weighted by molar-refractivity contribution is 7.99. The van der Waals surface area contributed by atoms with E-state index in [9.17, 15) is 4.79 Å². The number of hydrogen-bond acceptors (Lipinski definition) is 5. The lowest BCUT2D eigenvalue weighted by Crippen LogP contribution is -2.53. The second kappa shape index (κ2) is 7.55. The molecule has 1 atom stereocenters. The maximum atomic E-state index is 12.1. The molecule has 0 aliphatic rings. The lowest BCUT2D eigenvalue weighted by Gasteiger charge is -2.27. The first kappa shape index (κ1) is 16.0. The summed E-state index contributed by atoms with van der Waals surface area (Å²) in [6.45, 7) is 6.97. The fourth-order valence-corrected chi connectivity index (χ4v) is 2.61. The molecule has 0 aliphatic carbocycles. The van der Waals surface area contributed by atoms with Crippen LogP contribution >= 0.6 is 11.8 Å². The lowest BCUT2D eigenvalue weighted by molar-refractivity contribution is -0.149. The zero-order chi connectivity index (χ0) is 14.3. The maximum absolute atomic E-state index is 12.1. The smallest absolute Gasteiger partial charge is 0.326 e. The Morgan fingerprint density at radius 2 is 2.32 bits per heavy atom. The molecule has 0 amide bonds. The Kier molecular flexibility index (Phi) is 6.37.